The minimum atomic E-state index is -1.85. The molecule has 3 aromatic carbocycles. The van der Waals surface area contributed by atoms with Gasteiger partial charge in [0.2, 0.25) is 0 Å². The van der Waals surface area contributed by atoms with Crippen molar-refractivity contribution < 1.29 is 14.7 Å². The van der Waals surface area contributed by atoms with Gasteiger partial charge in [-0.1, -0.05) is 91.0 Å². The van der Waals surface area contributed by atoms with Crippen LogP contribution < -0.4 is 0 Å². The molecular weight excluding hydrogens is 335 g/mol. The van der Waals surface area contributed by atoms with Crippen molar-refractivity contribution in [3.63, 3.8) is 0 Å². The van der Waals surface area contributed by atoms with Crippen LogP contribution in [-0.2, 0) is 15.7 Å². The Morgan fingerprint density at radius 2 is 1.07 bits per heavy atom. The second kappa shape index (κ2) is 7.32. The normalized spacial score (nSPS) is 21.1. The van der Waals surface area contributed by atoms with Gasteiger partial charge in [0.05, 0.1) is 11.0 Å². The summed E-state index contributed by atoms with van der Waals surface area (Å²) in [6.45, 7) is 0. The van der Waals surface area contributed by atoms with Gasteiger partial charge in [0, 0.05) is 0 Å². The highest BCUT2D eigenvalue weighted by Gasteiger charge is 2.59. The molecule has 1 saturated carbocycles. The molecule has 0 spiro atoms. The van der Waals surface area contributed by atoms with Crippen LogP contribution in [0.4, 0.5) is 0 Å². The highest BCUT2D eigenvalue weighted by Crippen LogP contribution is 2.59. The van der Waals surface area contributed by atoms with E-state index in [1.54, 1.807) is 0 Å². The lowest BCUT2D eigenvalue weighted by Crippen LogP contribution is -2.51. The molecule has 0 aliphatic heterocycles. The summed E-state index contributed by atoms with van der Waals surface area (Å²) >= 11 is 0. The highest BCUT2D eigenvalue weighted by molar-refractivity contribution is 6.32. The average Bonchev–Trinajstić information content (AvgIpc) is 3.10. The van der Waals surface area contributed by atoms with Crippen molar-refractivity contribution in [3.8, 4) is 0 Å². The SMILES string of the molecule is OB(O)OC1(c2ccccc2)CCCC1(c1ccccc1)c1ccccc1. The summed E-state index contributed by atoms with van der Waals surface area (Å²) in [6.07, 6.45) is 2.49. The Balaban J connectivity index is 2.04. The molecule has 1 unspecified atom stereocenters. The maximum Gasteiger partial charge on any atom is 0.634 e. The first kappa shape index (κ1) is 18.0. The van der Waals surface area contributed by atoms with E-state index in [0.717, 1.165) is 29.5 Å². The fraction of sp³-hybridized carbons (Fsp3) is 0.217. The summed E-state index contributed by atoms with van der Waals surface area (Å²) in [5.74, 6) is 0. The lowest BCUT2D eigenvalue weighted by Gasteiger charge is -2.47. The Kier molecular flexibility index (Phi) is 4.87. The van der Waals surface area contributed by atoms with Crippen LogP contribution >= 0.6 is 0 Å². The summed E-state index contributed by atoms with van der Waals surface area (Å²) in [5.41, 5.74) is 1.82. The molecule has 0 heterocycles. The summed E-state index contributed by atoms with van der Waals surface area (Å²) in [7, 11) is -1.85. The van der Waals surface area contributed by atoms with Gasteiger partial charge in [0.15, 0.2) is 0 Å². The molecule has 2 N–H and O–H groups in total. The Hall–Kier alpha value is -2.40. The molecule has 0 bridgehead atoms. The minimum absolute atomic E-state index is 0.513. The van der Waals surface area contributed by atoms with Gasteiger partial charge in [-0.15, -0.1) is 0 Å². The summed E-state index contributed by atoms with van der Waals surface area (Å²) in [5, 5.41) is 19.8. The third-order valence-corrected chi connectivity index (χ3v) is 5.85. The zero-order valence-corrected chi connectivity index (χ0v) is 15.2. The molecule has 136 valence electrons. The van der Waals surface area contributed by atoms with Crippen LogP contribution in [0.2, 0.25) is 0 Å². The second-order valence-electron chi connectivity index (χ2n) is 7.13. The molecular formula is C23H23BO3. The molecule has 1 aliphatic rings. The van der Waals surface area contributed by atoms with Gasteiger partial charge < -0.3 is 14.7 Å². The number of benzene rings is 3. The standard InChI is InChI=1S/C23H23BO3/c25-24(26)27-23(21-15-8-3-9-16-21)18-10-17-22(23,19-11-4-1-5-12-19)20-13-6-2-7-14-20/h1-9,11-16,25-26H,10,17-18H2. The first-order valence-electron chi connectivity index (χ1n) is 9.40. The average molecular weight is 358 g/mol. The van der Waals surface area contributed by atoms with Gasteiger partial charge in [-0.2, -0.15) is 0 Å². The molecule has 4 rings (SSSR count). The van der Waals surface area contributed by atoms with Crippen LogP contribution in [-0.4, -0.2) is 17.4 Å². The molecule has 3 nitrogen and oxygen atoms in total. The van der Waals surface area contributed by atoms with E-state index >= 15 is 0 Å². The summed E-state index contributed by atoms with van der Waals surface area (Å²) in [6, 6.07) is 30.5. The molecule has 1 atom stereocenters. The lowest BCUT2D eigenvalue weighted by atomic mass is 9.62. The zero-order chi connectivity index (χ0) is 18.7. The van der Waals surface area contributed by atoms with Crippen LogP contribution in [0.1, 0.15) is 36.0 Å². The van der Waals surface area contributed by atoms with Gasteiger partial charge >= 0.3 is 7.32 Å². The third kappa shape index (κ3) is 2.90. The van der Waals surface area contributed by atoms with Crippen molar-refractivity contribution >= 4 is 7.32 Å². The van der Waals surface area contributed by atoms with Crippen LogP contribution in [0.25, 0.3) is 0 Å². The van der Waals surface area contributed by atoms with Crippen molar-refractivity contribution in [2.75, 3.05) is 0 Å². The number of hydrogen-bond acceptors (Lipinski definition) is 3. The second-order valence-corrected chi connectivity index (χ2v) is 7.13. The van der Waals surface area contributed by atoms with E-state index in [-0.39, 0.29) is 0 Å². The molecule has 4 heteroatoms. The van der Waals surface area contributed by atoms with Gasteiger partial charge in [0.1, 0.15) is 0 Å². The van der Waals surface area contributed by atoms with Crippen molar-refractivity contribution in [1.82, 2.24) is 0 Å². The van der Waals surface area contributed by atoms with Gasteiger partial charge in [-0.3, -0.25) is 0 Å². The highest BCUT2D eigenvalue weighted by atomic mass is 16.6. The van der Waals surface area contributed by atoms with E-state index in [1.165, 1.54) is 0 Å². The Labute approximate surface area is 160 Å². The fourth-order valence-electron chi connectivity index (χ4n) is 4.89. The monoisotopic (exact) mass is 358 g/mol. The van der Waals surface area contributed by atoms with Crippen LogP contribution in [0.3, 0.4) is 0 Å². The minimum Gasteiger partial charge on any atom is -0.402 e. The summed E-state index contributed by atoms with van der Waals surface area (Å²) in [4.78, 5) is 0. The Bertz CT molecular complexity index is 828. The topological polar surface area (TPSA) is 49.7 Å². The quantitative estimate of drug-likeness (QED) is 0.677. The van der Waals surface area contributed by atoms with E-state index in [4.69, 9.17) is 4.65 Å². The van der Waals surface area contributed by atoms with E-state index in [1.807, 2.05) is 66.7 Å². The van der Waals surface area contributed by atoms with E-state index in [9.17, 15) is 10.0 Å². The number of rotatable bonds is 5. The third-order valence-electron chi connectivity index (χ3n) is 5.85. The zero-order valence-electron chi connectivity index (χ0n) is 15.2. The fourth-order valence-corrected chi connectivity index (χ4v) is 4.89. The van der Waals surface area contributed by atoms with Gasteiger partial charge in [0.25, 0.3) is 0 Å². The molecule has 3 aromatic rings. The Morgan fingerprint density at radius 1 is 0.630 bits per heavy atom. The van der Waals surface area contributed by atoms with Gasteiger partial charge in [-0.25, -0.2) is 0 Å². The first-order chi connectivity index (χ1) is 13.2. The van der Waals surface area contributed by atoms with Crippen molar-refractivity contribution in [2.45, 2.75) is 30.3 Å². The smallest absolute Gasteiger partial charge is 0.402 e. The maximum absolute atomic E-state index is 9.90. The molecule has 0 amide bonds. The van der Waals surface area contributed by atoms with Gasteiger partial charge in [-0.05, 0) is 36.0 Å². The predicted octanol–water partition coefficient (Wildman–Crippen LogP) is 4.04. The molecule has 0 radical (unpaired) electrons. The maximum atomic E-state index is 9.90. The molecule has 0 aromatic heterocycles. The van der Waals surface area contributed by atoms with Crippen molar-refractivity contribution in [2.24, 2.45) is 0 Å². The lowest BCUT2D eigenvalue weighted by molar-refractivity contribution is -0.0211. The van der Waals surface area contributed by atoms with Crippen LogP contribution in [0.5, 0.6) is 0 Å². The Morgan fingerprint density at radius 3 is 1.52 bits per heavy atom. The number of hydrogen-bond donors (Lipinski definition) is 2. The van der Waals surface area contributed by atoms with E-state index in [0.29, 0.717) is 6.42 Å². The van der Waals surface area contributed by atoms with Crippen molar-refractivity contribution in [1.29, 1.82) is 0 Å². The largest absolute Gasteiger partial charge is 0.634 e. The molecule has 1 fully saturated rings. The first-order valence-corrected chi connectivity index (χ1v) is 9.40. The van der Waals surface area contributed by atoms with Crippen LogP contribution in [0, 0.1) is 0 Å². The molecule has 27 heavy (non-hydrogen) atoms. The predicted molar refractivity (Wildman–Crippen MR) is 107 cm³/mol. The summed E-state index contributed by atoms with van der Waals surface area (Å²) < 4.78 is 6.02. The van der Waals surface area contributed by atoms with E-state index in [2.05, 4.69) is 24.3 Å². The van der Waals surface area contributed by atoms with Crippen LogP contribution in [0.15, 0.2) is 91.0 Å². The van der Waals surface area contributed by atoms with Crippen molar-refractivity contribution in [3.05, 3.63) is 108 Å². The molecule has 0 saturated heterocycles. The van der Waals surface area contributed by atoms with E-state index < -0.39 is 18.3 Å². The molecule has 1 aliphatic carbocycles.